The molecule has 14 rings (SSSR count). The maximum absolute atomic E-state index is 6.24. The molecule has 0 radical (unpaired) electrons. The van der Waals surface area contributed by atoms with Gasteiger partial charge in [0.25, 0.3) is 0 Å². The van der Waals surface area contributed by atoms with E-state index in [0.29, 0.717) is 17.8 Å². The van der Waals surface area contributed by atoms with Crippen molar-refractivity contribution in [2.24, 2.45) is 0 Å². The molecule has 83 heavy (non-hydrogen) atoms. The van der Waals surface area contributed by atoms with Gasteiger partial charge >= 0.3 is 0 Å². The van der Waals surface area contributed by atoms with Crippen LogP contribution in [0.1, 0.15) is 44.5 Å². The number of rotatable bonds is 10. The van der Waals surface area contributed by atoms with Gasteiger partial charge < -0.3 is 33.2 Å². The van der Waals surface area contributed by atoms with Crippen LogP contribution in [-0.2, 0) is 10.8 Å². The van der Waals surface area contributed by atoms with E-state index in [1.165, 1.54) is 55.6 Å². The van der Waals surface area contributed by atoms with Crippen molar-refractivity contribution < 1.29 is 0 Å². The van der Waals surface area contributed by atoms with E-state index >= 15 is 0 Å². The highest BCUT2D eigenvalue weighted by Crippen LogP contribution is 2.57. The highest BCUT2D eigenvalue weighted by atomic mass is 35.5. The number of benzene rings is 10. The molecule has 0 spiro atoms. The van der Waals surface area contributed by atoms with Crippen LogP contribution in [0.2, 0.25) is 15.9 Å². The lowest BCUT2D eigenvalue weighted by Gasteiger charge is -2.34. The lowest BCUT2D eigenvalue weighted by molar-refractivity contribution is 0.769. The third-order valence-corrected chi connectivity index (χ3v) is 15.3. The Balaban J connectivity index is 0.000000138. The second kappa shape index (κ2) is 23.2. The van der Waals surface area contributed by atoms with Gasteiger partial charge in [-0.1, -0.05) is 182 Å². The van der Waals surface area contributed by atoms with Gasteiger partial charge in [-0.05, 0) is 174 Å². The van der Waals surface area contributed by atoms with Crippen molar-refractivity contribution >= 4 is 86.8 Å². The van der Waals surface area contributed by atoms with Crippen LogP contribution in [0.4, 0.5) is 52.0 Å². The minimum atomic E-state index is -0.497. The van der Waals surface area contributed by atoms with E-state index in [2.05, 4.69) is 191 Å². The lowest BCUT2D eigenvalue weighted by atomic mass is 9.67. The Morgan fingerprint density at radius 1 is 0.253 bits per heavy atom. The smallest absolute Gasteiger partial charge is 0.233 e. The molecule has 0 amide bonds. The van der Waals surface area contributed by atoms with Crippen LogP contribution in [-0.4, -0.2) is 29.9 Å². The van der Waals surface area contributed by atoms with Crippen molar-refractivity contribution in [2.75, 3.05) is 33.2 Å². The van der Waals surface area contributed by atoms with Crippen molar-refractivity contribution in [3.8, 4) is 22.3 Å². The highest BCUT2D eigenvalue weighted by molar-refractivity contribution is 6.31. The molecular weight excluding hydrogens is 1090 g/mol. The summed E-state index contributed by atoms with van der Waals surface area (Å²) in [5.41, 5.74) is 36.9. The number of hydrogen-bond acceptors (Lipinski definition) is 12. The first kappa shape index (κ1) is 53.5. The maximum Gasteiger partial charge on any atom is 0.233 e. The molecule has 404 valence electrons. The van der Waals surface area contributed by atoms with Crippen molar-refractivity contribution in [1.82, 2.24) is 29.9 Å². The van der Waals surface area contributed by atoms with Gasteiger partial charge in [0, 0.05) is 34.1 Å². The predicted octanol–water partition coefficient (Wildman–Crippen LogP) is 16.1. The molecule has 15 heteroatoms. The summed E-state index contributed by atoms with van der Waals surface area (Å²) in [6, 6.07) is 86.9. The zero-order valence-corrected chi connectivity index (χ0v) is 46.6. The van der Waals surface area contributed by atoms with Crippen LogP contribution in [0, 0.1) is 0 Å². The molecule has 2 aliphatic carbocycles. The Bertz CT molecular complexity index is 4090. The number of nitrogens with zero attached hydrogens (tertiary/aromatic N) is 6. The van der Waals surface area contributed by atoms with E-state index in [1.54, 1.807) is 0 Å². The van der Waals surface area contributed by atoms with Gasteiger partial charge in [0.2, 0.25) is 33.7 Å². The molecule has 0 bridgehead atoms. The van der Waals surface area contributed by atoms with Crippen LogP contribution >= 0.6 is 34.8 Å². The van der Waals surface area contributed by atoms with Gasteiger partial charge in [-0.2, -0.15) is 29.9 Å². The van der Waals surface area contributed by atoms with E-state index in [9.17, 15) is 0 Å². The van der Waals surface area contributed by atoms with E-state index in [1.807, 2.05) is 109 Å². The van der Waals surface area contributed by atoms with E-state index < -0.39 is 5.41 Å². The number of nitrogens with two attached hydrogens (primary N) is 3. The fourth-order valence-corrected chi connectivity index (χ4v) is 11.8. The third-order valence-electron chi connectivity index (χ3n) is 14.8. The van der Waals surface area contributed by atoms with Crippen molar-refractivity contribution in [3.63, 3.8) is 0 Å². The van der Waals surface area contributed by atoms with Crippen LogP contribution in [0.5, 0.6) is 0 Å². The van der Waals surface area contributed by atoms with Gasteiger partial charge in [-0.3, -0.25) is 0 Å². The third kappa shape index (κ3) is 10.6. The molecule has 0 saturated carbocycles. The van der Waals surface area contributed by atoms with Crippen LogP contribution in [0.3, 0.4) is 0 Å². The first-order chi connectivity index (χ1) is 40.6. The number of nitrogen functional groups attached to an aromatic ring is 3. The summed E-state index contributed by atoms with van der Waals surface area (Å²) in [4.78, 5) is 24.4. The minimum absolute atomic E-state index is 0.0634. The zero-order chi connectivity index (χ0) is 56.9. The number of anilines is 9. The number of fused-ring (bicyclic) bond motifs is 6. The molecule has 0 atom stereocenters. The van der Waals surface area contributed by atoms with Crippen molar-refractivity contribution in [2.45, 2.75) is 10.8 Å². The molecule has 2 heterocycles. The number of hydrogen-bond donors (Lipinski definition) is 6. The monoisotopic (exact) mass is 1140 g/mol. The molecule has 12 nitrogen and oxygen atoms in total. The molecule has 0 fully saturated rings. The molecule has 2 aromatic heterocycles. The standard InChI is InChI=1S/C34H25ClN6.C25H20N2.C9H6Cl2N4/c35-31-39-32(37-25-8-2-1-3-9-25)41-33(40-31)38-26-20-16-23(17-21-26)34(22-14-18-24(36)19-15-22)29-12-6-4-10-27(29)28-11-5-7-13-30(28)34;26-19-13-9-17(10-14-19)25(18-11-15-20(27)16-12-18)23-7-3-1-5-21(23)22-6-2-4-8-24(22)25;10-7-13-8(11)15-9(14-7)12-6-4-2-1-3-5-6/h1-21H,36H2,(H2,37,38,39,40,41);1-16H,26-27H2;1-5H,(H,12,13,14,15). The average Bonchev–Trinajstić information content (AvgIpc) is 1.73. The fraction of sp³-hybridized carbons (Fsp3) is 0.0294. The largest absolute Gasteiger partial charge is 0.399 e. The van der Waals surface area contributed by atoms with E-state index in [4.69, 9.17) is 52.0 Å². The number of halogens is 3. The normalized spacial score (nSPS) is 12.6. The fourth-order valence-electron chi connectivity index (χ4n) is 11.3. The Labute approximate surface area is 495 Å². The van der Waals surface area contributed by atoms with Crippen molar-refractivity contribution in [3.05, 3.63) is 315 Å². The zero-order valence-electron chi connectivity index (χ0n) is 44.3. The first-order valence-corrected chi connectivity index (χ1v) is 27.7. The topological polar surface area (TPSA) is 191 Å². The van der Waals surface area contributed by atoms with E-state index in [-0.39, 0.29) is 21.3 Å². The molecule has 0 saturated heterocycles. The second-order valence-electron chi connectivity index (χ2n) is 19.7. The molecular formula is C68H51Cl3N12. The van der Waals surface area contributed by atoms with Crippen LogP contribution < -0.4 is 33.2 Å². The van der Waals surface area contributed by atoms with Gasteiger partial charge in [0.05, 0.1) is 10.8 Å². The maximum atomic E-state index is 6.24. The lowest BCUT2D eigenvalue weighted by Crippen LogP contribution is -2.28. The first-order valence-electron chi connectivity index (χ1n) is 26.5. The summed E-state index contributed by atoms with van der Waals surface area (Å²) in [7, 11) is 0. The summed E-state index contributed by atoms with van der Waals surface area (Å²) in [6.45, 7) is 0. The molecule has 0 unspecified atom stereocenters. The van der Waals surface area contributed by atoms with E-state index in [0.717, 1.165) is 45.3 Å². The quantitative estimate of drug-likeness (QED) is 0.0712. The second-order valence-corrected chi connectivity index (χ2v) is 20.7. The number of aromatic nitrogens is 6. The molecule has 9 N–H and O–H groups in total. The SMILES string of the molecule is Clc1nc(Cl)nc(Nc2ccccc2)n1.Nc1ccc(C2(c3ccc(N)cc3)c3ccccc3-c3ccccc32)cc1.Nc1ccc(C2(c3ccc(Nc4nc(Cl)nc(Nc5ccccc5)n4)cc3)c3ccccc3-c3ccccc32)cc1. The van der Waals surface area contributed by atoms with Gasteiger partial charge in [-0.15, -0.1) is 0 Å². The van der Waals surface area contributed by atoms with Crippen molar-refractivity contribution in [1.29, 1.82) is 0 Å². The highest BCUT2D eigenvalue weighted by Gasteiger charge is 2.47. The van der Waals surface area contributed by atoms with Crippen LogP contribution in [0.25, 0.3) is 22.3 Å². The van der Waals surface area contributed by atoms with Gasteiger partial charge in [0.1, 0.15) is 0 Å². The number of para-hydroxylation sites is 2. The molecule has 10 aromatic carbocycles. The summed E-state index contributed by atoms with van der Waals surface area (Å²) in [6.07, 6.45) is 0. The van der Waals surface area contributed by atoms with Crippen LogP contribution in [0.15, 0.2) is 255 Å². The minimum Gasteiger partial charge on any atom is -0.399 e. The summed E-state index contributed by atoms with van der Waals surface area (Å²) >= 11 is 17.5. The summed E-state index contributed by atoms with van der Waals surface area (Å²) in [5.74, 6) is 1.03. The molecule has 2 aliphatic rings. The molecule has 0 aliphatic heterocycles. The Morgan fingerprint density at radius 3 is 0.807 bits per heavy atom. The Kier molecular flexibility index (Phi) is 14.9. The average molecular weight is 1140 g/mol. The van der Waals surface area contributed by atoms with Gasteiger partial charge in [0.15, 0.2) is 0 Å². The number of nitrogens with one attached hydrogen (secondary N) is 3. The van der Waals surface area contributed by atoms with Gasteiger partial charge in [-0.25, -0.2) is 0 Å². The molecule has 12 aromatic rings. The summed E-state index contributed by atoms with van der Waals surface area (Å²) in [5, 5.41) is 9.63. The Morgan fingerprint density at radius 2 is 0.494 bits per heavy atom. The summed E-state index contributed by atoms with van der Waals surface area (Å²) < 4.78 is 0. The predicted molar refractivity (Wildman–Crippen MR) is 338 cm³/mol. The Hall–Kier alpha value is -10.1.